The van der Waals surface area contributed by atoms with Crippen LogP contribution in [0.5, 0.6) is 0 Å². The molecule has 4 aromatic carbocycles. The molecular weight excluding hydrogens is 640 g/mol. The maximum absolute atomic E-state index is 15.4. The highest BCUT2D eigenvalue weighted by atomic mass is 79.9. The van der Waals surface area contributed by atoms with Crippen molar-refractivity contribution in [3.63, 3.8) is 0 Å². The van der Waals surface area contributed by atoms with E-state index in [1.165, 1.54) is 5.56 Å². The average molecular weight is 668 g/mol. The fourth-order valence-corrected chi connectivity index (χ4v) is 10.3. The van der Waals surface area contributed by atoms with E-state index in [1.54, 1.807) is 0 Å². The van der Waals surface area contributed by atoms with E-state index in [0.29, 0.717) is 13.1 Å². The summed E-state index contributed by atoms with van der Waals surface area (Å²) in [7, 11) is 0. The topological polar surface area (TPSA) is 43.8 Å². The van der Waals surface area contributed by atoms with E-state index in [0.717, 1.165) is 61.4 Å². The van der Waals surface area contributed by atoms with Crippen molar-refractivity contribution in [1.29, 1.82) is 0 Å². The first kappa shape index (κ1) is 24.9. The van der Waals surface area contributed by atoms with Gasteiger partial charge >= 0.3 is 0 Å². The number of nitrogens with zero attached hydrogens (tertiary/aromatic N) is 2. The van der Waals surface area contributed by atoms with Crippen molar-refractivity contribution < 1.29 is 9.90 Å². The lowest BCUT2D eigenvalue weighted by Crippen LogP contribution is -2.61. The number of hydrogen-bond donors (Lipinski definition) is 1. The van der Waals surface area contributed by atoms with Gasteiger partial charge < -0.3 is 5.11 Å². The second-order valence-electron chi connectivity index (χ2n) is 12.4. The monoisotopic (exact) mass is 666 g/mol. The second kappa shape index (κ2) is 8.27. The normalized spacial score (nSPS) is 35.7. The number of piperidine rings is 1. The molecule has 2 bridgehead atoms. The molecule has 6 heteroatoms. The molecule has 4 aliphatic heterocycles. The van der Waals surface area contributed by atoms with Crippen molar-refractivity contribution in [2.24, 2.45) is 5.41 Å². The summed E-state index contributed by atoms with van der Waals surface area (Å²) in [5.74, 6) is 0.153. The number of aliphatic hydroxyl groups is 1. The molecule has 9 rings (SSSR count). The van der Waals surface area contributed by atoms with Gasteiger partial charge in [0.25, 0.3) is 0 Å². The molecule has 0 aromatic heterocycles. The first-order valence-corrected chi connectivity index (χ1v) is 16.0. The summed E-state index contributed by atoms with van der Waals surface area (Å²) in [6.07, 6.45) is 4.15. The van der Waals surface area contributed by atoms with E-state index in [9.17, 15) is 5.11 Å². The van der Waals surface area contributed by atoms with E-state index in [-0.39, 0.29) is 17.7 Å². The van der Waals surface area contributed by atoms with Gasteiger partial charge in [-0.15, -0.1) is 0 Å². The number of carbonyl (C=O) groups is 1. The molecule has 41 heavy (non-hydrogen) atoms. The molecule has 1 aliphatic carbocycles. The third-order valence-corrected chi connectivity index (χ3v) is 11.9. The Kier molecular flexibility index (Phi) is 5.03. The molecule has 5 aliphatic rings. The predicted molar refractivity (Wildman–Crippen MR) is 167 cm³/mol. The smallest absolute Gasteiger partial charge is 0.170 e. The number of ketones is 1. The van der Waals surface area contributed by atoms with E-state index in [1.807, 2.05) is 24.3 Å². The van der Waals surface area contributed by atoms with Crippen LogP contribution in [0, 0.1) is 5.41 Å². The van der Waals surface area contributed by atoms with Crippen molar-refractivity contribution in [2.75, 3.05) is 19.6 Å². The van der Waals surface area contributed by atoms with Crippen LogP contribution in [-0.4, -0.2) is 46.4 Å². The molecular formula is C35H28Br2N2O2. The number of benzene rings is 4. The fraction of sp³-hybridized carbons (Fsp3) is 0.286. The van der Waals surface area contributed by atoms with E-state index < -0.39 is 16.7 Å². The Morgan fingerprint density at radius 2 is 1.56 bits per heavy atom. The van der Waals surface area contributed by atoms with Gasteiger partial charge in [0.2, 0.25) is 0 Å². The average Bonchev–Trinajstić information content (AvgIpc) is 3.65. The van der Waals surface area contributed by atoms with Crippen molar-refractivity contribution in [3.8, 4) is 0 Å². The highest BCUT2D eigenvalue weighted by molar-refractivity contribution is 9.10. The van der Waals surface area contributed by atoms with Crippen LogP contribution < -0.4 is 0 Å². The first-order chi connectivity index (χ1) is 19.9. The molecule has 4 aromatic rings. The number of fused-ring (bicyclic) bond motifs is 4. The highest BCUT2D eigenvalue weighted by Crippen LogP contribution is 2.78. The molecule has 4 fully saturated rings. The third kappa shape index (κ3) is 2.75. The molecule has 0 radical (unpaired) electrons. The molecule has 0 saturated carbocycles. The largest absolute Gasteiger partial charge is 0.369 e. The van der Waals surface area contributed by atoms with Crippen molar-refractivity contribution in [1.82, 2.24) is 9.80 Å². The van der Waals surface area contributed by atoms with Gasteiger partial charge in [0, 0.05) is 45.1 Å². The molecule has 4 heterocycles. The lowest BCUT2D eigenvalue weighted by molar-refractivity contribution is -0.173. The van der Waals surface area contributed by atoms with Crippen LogP contribution in [0.25, 0.3) is 16.8 Å². The second-order valence-corrected chi connectivity index (χ2v) is 14.2. The fourth-order valence-electron chi connectivity index (χ4n) is 9.77. The zero-order valence-corrected chi connectivity index (χ0v) is 25.5. The van der Waals surface area contributed by atoms with Crippen LogP contribution in [0.3, 0.4) is 0 Å². The van der Waals surface area contributed by atoms with E-state index in [2.05, 4.69) is 108 Å². The van der Waals surface area contributed by atoms with Crippen LogP contribution in [-0.2, 0) is 16.1 Å². The van der Waals surface area contributed by atoms with E-state index >= 15 is 4.79 Å². The SMILES string of the molecule is O=C1/C(=C/c2ccc(Br)cc2)CN2C[C@@]13[C@H](c1ccc(Br)cc1)[C@H]1CCCN1[C@@]31c3cccc4cccc(c34)[C@@]21O. The summed E-state index contributed by atoms with van der Waals surface area (Å²) in [6, 6.07) is 29.7. The Balaban J connectivity index is 1.38. The predicted octanol–water partition coefficient (Wildman–Crippen LogP) is 6.95. The molecule has 0 amide bonds. The summed E-state index contributed by atoms with van der Waals surface area (Å²) >= 11 is 7.18. The lowest BCUT2D eigenvalue weighted by Gasteiger charge is -2.48. The maximum Gasteiger partial charge on any atom is 0.170 e. The minimum Gasteiger partial charge on any atom is -0.369 e. The van der Waals surface area contributed by atoms with Crippen LogP contribution >= 0.6 is 31.9 Å². The van der Waals surface area contributed by atoms with Crippen molar-refractivity contribution >= 4 is 54.5 Å². The van der Waals surface area contributed by atoms with Crippen LogP contribution in [0.15, 0.2) is 99.4 Å². The number of hydrogen-bond acceptors (Lipinski definition) is 4. The summed E-state index contributed by atoms with van der Waals surface area (Å²) in [5, 5.41) is 15.7. The summed E-state index contributed by atoms with van der Waals surface area (Å²) < 4.78 is 2.04. The lowest BCUT2D eigenvalue weighted by atomic mass is 9.56. The highest BCUT2D eigenvalue weighted by Gasteiger charge is 2.87. The Bertz CT molecular complexity index is 1810. The molecule has 2 spiro atoms. The van der Waals surface area contributed by atoms with Crippen LogP contribution in [0.4, 0.5) is 0 Å². The molecule has 6 atom stereocenters. The molecule has 4 saturated heterocycles. The molecule has 1 unspecified atom stereocenters. The van der Waals surface area contributed by atoms with Gasteiger partial charge in [-0.05, 0) is 77.2 Å². The van der Waals surface area contributed by atoms with Crippen molar-refractivity contribution in [3.05, 3.63) is 122 Å². The summed E-state index contributed by atoms with van der Waals surface area (Å²) in [6.45, 7) is 1.84. The Morgan fingerprint density at radius 3 is 2.29 bits per heavy atom. The van der Waals surface area contributed by atoms with Gasteiger partial charge in [0.15, 0.2) is 11.5 Å². The van der Waals surface area contributed by atoms with Crippen molar-refractivity contribution in [2.45, 2.75) is 36.1 Å². The van der Waals surface area contributed by atoms with Gasteiger partial charge in [-0.3, -0.25) is 14.6 Å². The van der Waals surface area contributed by atoms with Crippen LogP contribution in [0.1, 0.15) is 41.0 Å². The quantitative estimate of drug-likeness (QED) is 0.235. The summed E-state index contributed by atoms with van der Waals surface area (Å²) in [5.41, 5.74) is 2.03. The van der Waals surface area contributed by atoms with Crippen LogP contribution in [0.2, 0.25) is 0 Å². The number of carbonyl (C=O) groups excluding carboxylic acids is 1. The number of Topliss-reactive ketones (excluding diaryl/α,β-unsaturated/α-hetero) is 1. The standard InChI is InChI=1S/C35H28Br2N2O2/c36-25-13-9-21(10-14-25)18-24-19-38-20-33(32(24)40)31(23-11-15-26(37)16-12-23)29-8-3-17-39(29)34(33)27-6-1-4-22-5-2-7-28(30(22)27)35(34,38)41/h1-2,4-7,9-16,18,29,31,41H,3,8,17,19-20H2/b24-18+/t29-,31-,33-,34+,35+/m1/s1. The van der Waals surface area contributed by atoms with E-state index in [4.69, 9.17) is 0 Å². The zero-order valence-electron chi connectivity index (χ0n) is 22.4. The third-order valence-electron chi connectivity index (χ3n) is 10.9. The zero-order chi connectivity index (χ0) is 27.7. The minimum atomic E-state index is -1.31. The molecule has 204 valence electrons. The van der Waals surface area contributed by atoms with Gasteiger partial charge in [-0.2, -0.15) is 0 Å². The Hall–Kier alpha value is -2.61. The summed E-state index contributed by atoms with van der Waals surface area (Å²) in [4.78, 5) is 20.3. The maximum atomic E-state index is 15.4. The minimum absolute atomic E-state index is 0.0414. The van der Waals surface area contributed by atoms with Gasteiger partial charge in [-0.1, -0.05) is 92.5 Å². The number of rotatable bonds is 2. The Labute approximate surface area is 255 Å². The van der Waals surface area contributed by atoms with Gasteiger partial charge in [0.1, 0.15) is 5.54 Å². The van der Waals surface area contributed by atoms with Gasteiger partial charge in [-0.25, -0.2) is 0 Å². The first-order valence-electron chi connectivity index (χ1n) is 14.4. The molecule has 4 nitrogen and oxygen atoms in total. The number of halogens is 2. The van der Waals surface area contributed by atoms with Gasteiger partial charge in [0.05, 0.1) is 5.41 Å². The Morgan fingerprint density at radius 1 is 0.878 bits per heavy atom. The molecule has 1 N–H and O–H groups in total.